The number of rotatable bonds is 6. The highest BCUT2D eigenvalue weighted by Gasteiger charge is 2.21. The Morgan fingerprint density at radius 2 is 2.09 bits per heavy atom. The summed E-state index contributed by atoms with van der Waals surface area (Å²) in [4.78, 5) is 21.0. The van der Waals surface area contributed by atoms with Gasteiger partial charge in [-0.05, 0) is 30.3 Å². The molecule has 0 saturated heterocycles. The van der Waals surface area contributed by atoms with Crippen molar-refractivity contribution in [2.45, 2.75) is 13.0 Å². The van der Waals surface area contributed by atoms with E-state index < -0.39 is 6.61 Å². The van der Waals surface area contributed by atoms with Crippen LogP contribution in [0.5, 0.6) is 5.75 Å². The zero-order chi connectivity index (χ0) is 23.8. The van der Waals surface area contributed by atoms with E-state index in [-0.39, 0.29) is 23.8 Å². The average molecular weight is 484 g/mol. The van der Waals surface area contributed by atoms with Gasteiger partial charge >= 0.3 is 6.61 Å². The van der Waals surface area contributed by atoms with Gasteiger partial charge in [0.25, 0.3) is 0 Å². The molecule has 34 heavy (non-hydrogen) atoms. The van der Waals surface area contributed by atoms with E-state index in [4.69, 9.17) is 16.3 Å². The van der Waals surface area contributed by atoms with E-state index in [0.717, 1.165) is 0 Å². The van der Waals surface area contributed by atoms with Gasteiger partial charge < -0.3 is 10.1 Å². The number of fused-ring (bicyclic) bond motifs is 2. The highest BCUT2D eigenvalue weighted by Crippen LogP contribution is 2.33. The van der Waals surface area contributed by atoms with Crippen LogP contribution in [0.3, 0.4) is 0 Å². The van der Waals surface area contributed by atoms with Crippen molar-refractivity contribution in [3.8, 4) is 22.7 Å². The Morgan fingerprint density at radius 1 is 1.24 bits per heavy atom. The van der Waals surface area contributed by atoms with Crippen molar-refractivity contribution in [2.24, 2.45) is 0 Å². The molecule has 0 aliphatic rings. The molecule has 12 heteroatoms. The molecule has 4 heterocycles. The number of carbonyl (C=O) groups excluding carboxylic acids is 1. The second kappa shape index (κ2) is 8.67. The van der Waals surface area contributed by atoms with E-state index in [1.54, 1.807) is 41.4 Å². The van der Waals surface area contributed by atoms with Crippen LogP contribution in [0, 0.1) is 0 Å². The number of hydrogen-bond donors (Lipinski definition) is 1. The first-order chi connectivity index (χ1) is 16.4. The number of amides is 1. The van der Waals surface area contributed by atoms with Gasteiger partial charge in [0.2, 0.25) is 5.91 Å². The molecular weight excluding hydrogens is 468 g/mol. The number of pyridine rings is 1. The number of hydrogen-bond acceptors (Lipinski definition) is 6. The third-order valence-corrected chi connectivity index (χ3v) is 5.40. The molecule has 0 radical (unpaired) electrons. The molecule has 5 rings (SSSR count). The lowest BCUT2D eigenvalue weighted by Gasteiger charge is -2.12. The van der Waals surface area contributed by atoms with Crippen LogP contribution in [0.4, 0.5) is 8.78 Å². The molecule has 0 fully saturated rings. The highest BCUT2D eigenvalue weighted by atomic mass is 35.5. The Bertz CT molecular complexity index is 1530. The molecule has 9 nitrogen and oxygen atoms in total. The van der Waals surface area contributed by atoms with Gasteiger partial charge in [0.1, 0.15) is 5.69 Å². The summed E-state index contributed by atoms with van der Waals surface area (Å²) in [7, 11) is 1.52. The maximum Gasteiger partial charge on any atom is 0.387 e. The Hall–Kier alpha value is -4.12. The minimum Gasteiger partial charge on any atom is -0.433 e. The first-order valence-electron chi connectivity index (χ1n) is 10.1. The molecule has 0 aliphatic carbocycles. The largest absolute Gasteiger partial charge is 0.433 e. The van der Waals surface area contributed by atoms with Crippen molar-refractivity contribution in [1.82, 2.24) is 34.7 Å². The summed E-state index contributed by atoms with van der Waals surface area (Å²) >= 11 is 6.17. The number of likely N-dealkylation sites (N-methyl/N-ethyl adjacent to an activating group) is 1. The van der Waals surface area contributed by atoms with Crippen LogP contribution in [-0.4, -0.2) is 48.9 Å². The van der Waals surface area contributed by atoms with Gasteiger partial charge in [-0.15, -0.1) is 0 Å². The van der Waals surface area contributed by atoms with Crippen LogP contribution in [0.25, 0.3) is 33.5 Å². The molecule has 1 N–H and O–H groups in total. The van der Waals surface area contributed by atoms with Crippen molar-refractivity contribution in [3.63, 3.8) is 0 Å². The summed E-state index contributed by atoms with van der Waals surface area (Å²) in [6, 6.07) is 7.73. The van der Waals surface area contributed by atoms with E-state index in [1.165, 1.54) is 29.9 Å². The Kier molecular flexibility index (Phi) is 5.54. The third kappa shape index (κ3) is 3.90. The monoisotopic (exact) mass is 483 g/mol. The fraction of sp³-hybridized carbons (Fsp3) is 0.136. The van der Waals surface area contributed by atoms with Gasteiger partial charge in [-0.1, -0.05) is 11.6 Å². The maximum atomic E-state index is 13.1. The third-order valence-electron chi connectivity index (χ3n) is 5.17. The Morgan fingerprint density at radius 3 is 2.88 bits per heavy atom. The maximum absolute atomic E-state index is 13.1. The lowest BCUT2D eigenvalue weighted by molar-refractivity contribution is -0.120. The molecule has 0 unspecified atom stereocenters. The Balaban J connectivity index is 1.75. The predicted octanol–water partition coefficient (Wildman–Crippen LogP) is 3.67. The first-order valence-corrected chi connectivity index (χ1v) is 10.4. The van der Waals surface area contributed by atoms with Gasteiger partial charge in [-0.25, -0.2) is 14.2 Å². The van der Waals surface area contributed by atoms with Crippen molar-refractivity contribution in [3.05, 3.63) is 65.8 Å². The molecule has 4 aromatic heterocycles. The Labute approximate surface area is 195 Å². The van der Waals surface area contributed by atoms with Gasteiger partial charge in [0, 0.05) is 36.0 Å². The molecule has 1 aromatic carbocycles. The second-order valence-corrected chi connectivity index (χ2v) is 7.67. The molecule has 5 aromatic rings. The van der Waals surface area contributed by atoms with E-state index in [0.29, 0.717) is 38.5 Å². The quantitative estimate of drug-likeness (QED) is 0.395. The summed E-state index contributed by atoms with van der Waals surface area (Å²) < 4.78 is 33.9. The van der Waals surface area contributed by atoms with Gasteiger partial charge in [-0.3, -0.25) is 9.78 Å². The van der Waals surface area contributed by atoms with Crippen molar-refractivity contribution >= 4 is 34.1 Å². The minimum absolute atomic E-state index is 0.0368. The summed E-state index contributed by atoms with van der Waals surface area (Å²) in [5.41, 5.74) is 2.91. The molecule has 1 amide bonds. The first kappa shape index (κ1) is 21.7. The van der Waals surface area contributed by atoms with Crippen molar-refractivity contribution in [2.75, 3.05) is 7.05 Å². The van der Waals surface area contributed by atoms with Gasteiger partial charge in [0.05, 0.1) is 35.1 Å². The summed E-state index contributed by atoms with van der Waals surface area (Å²) in [6.07, 6.45) is 6.58. The van der Waals surface area contributed by atoms with Crippen molar-refractivity contribution in [1.29, 1.82) is 0 Å². The molecular formula is C22H16ClF2N7O2. The van der Waals surface area contributed by atoms with E-state index >= 15 is 0 Å². The van der Waals surface area contributed by atoms with E-state index in [1.807, 2.05) is 0 Å². The highest BCUT2D eigenvalue weighted by molar-refractivity contribution is 6.30. The van der Waals surface area contributed by atoms with E-state index in [9.17, 15) is 13.6 Å². The number of ether oxygens (including phenoxy) is 1. The number of aromatic nitrogens is 6. The zero-order valence-electron chi connectivity index (χ0n) is 17.6. The molecule has 0 aliphatic heterocycles. The summed E-state index contributed by atoms with van der Waals surface area (Å²) in [6.45, 7) is -3.05. The summed E-state index contributed by atoms with van der Waals surface area (Å²) in [5, 5.41) is 12.2. The normalized spacial score (nSPS) is 11.4. The number of alkyl halides is 2. The molecule has 172 valence electrons. The van der Waals surface area contributed by atoms with Crippen LogP contribution in [0.2, 0.25) is 5.02 Å². The summed E-state index contributed by atoms with van der Waals surface area (Å²) in [5.74, 6) is -0.385. The van der Waals surface area contributed by atoms with Gasteiger partial charge in [0.15, 0.2) is 11.4 Å². The smallest absolute Gasteiger partial charge is 0.387 e. The number of carbonyl (C=O) groups is 1. The number of halogens is 3. The number of benzene rings is 1. The lowest BCUT2D eigenvalue weighted by Crippen LogP contribution is -2.20. The predicted molar refractivity (Wildman–Crippen MR) is 120 cm³/mol. The fourth-order valence-corrected chi connectivity index (χ4v) is 3.80. The zero-order valence-corrected chi connectivity index (χ0v) is 18.4. The minimum atomic E-state index is -3.05. The van der Waals surface area contributed by atoms with Crippen LogP contribution >= 0.6 is 11.6 Å². The molecule has 0 spiro atoms. The molecule has 0 atom stereocenters. The number of nitrogens with one attached hydrogen (secondary N) is 1. The number of nitrogens with zero attached hydrogens (tertiary/aromatic N) is 6. The topological polar surface area (TPSA) is 99.2 Å². The van der Waals surface area contributed by atoms with Crippen LogP contribution < -0.4 is 10.1 Å². The second-order valence-electron chi connectivity index (χ2n) is 7.23. The average Bonchev–Trinajstić information content (AvgIpc) is 3.41. The van der Waals surface area contributed by atoms with Crippen LogP contribution in [-0.2, 0) is 11.2 Å². The molecule has 0 bridgehead atoms. The van der Waals surface area contributed by atoms with Crippen molar-refractivity contribution < 1.29 is 18.3 Å². The fourth-order valence-electron chi connectivity index (χ4n) is 3.63. The van der Waals surface area contributed by atoms with Crippen LogP contribution in [0.15, 0.2) is 55.1 Å². The standard InChI is InChI=1S/C22H16ClF2N7O2/c1-26-20(33)9-16-13-10-28-15(14-11-29-31-6-2-5-27-21(14)31)8-17(13)32(30-16)18-7-12(23)3-4-19(18)34-22(24)25/h2-8,10-11,22H,9H2,1H3,(H,26,33). The molecule has 0 saturated carbocycles. The van der Waals surface area contributed by atoms with Gasteiger partial charge in [-0.2, -0.15) is 19.0 Å². The lowest BCUT2D eigenvalue weighted by atomic mass is 10.1. The van der Waals surface area contributed by atoms with Crippen LogP contribution in [0.1, 0.15) is 5.69 Å². The SMILES string of the molecule is CNC(=O)Cc1nn(-c2cc(Cl)ccc2OC(F)F)c2cc(-c3cnn4cccnc34)ncc12. The van der Waals surface area contributed by atoms with E-state index in [2.05, 4.69) is 25.5 Å².